The Morgan fingerprint density at radius 3 is 2.84 bits per heavy atom. The van der Waals surface area contributed by atoms with Gasteiger partial charge in [0.15, 0.2) is 0 Å². The third-order valence-electron chi connectivity index (χ3n) is 4.58. The lowest BCUT2D eigenvalue weighted by atomic mass is 10.0. The largest absolute Gasteiger partial charge is 0.493 e. The number of nitrogens with one attached hydrogen (secondary N) is 1. The molecule has 1 unspecified atom stereocenters. The number of para-hydroxylation sites is 1. The molecule has 1 aromatic heterocycles. The zero-order valence-electron chi connectivity index (χ0n) is 13.6. The summed E-state index contributed by atoms with van der Waals surface area (Å²) in [7, 11) is 1.91. The highest BCUT2D eigenvalue weighted by Crippen LogP contribution is 2.35. The Morgan fingerprint density at radius 1 is 1.24 bits per heavy atom. The van der Waals surface area contributed by atoms with Crippen LogP contribution in [0.4, 0.5) is 0 Å². The molecule has 4 nitrogen and oxygen atoms in total. The molecular weight excluding hydrogens is 448 g/mol. The predicted molar refractivity (Wildman–Crippen MR) is 105 cm³/mol. The Morgan fingerprint density at radius 2 is 2.04 bits per heavy atom. The van der Waals surface area contributed by atoms with E-state index in [0.717, 1.165) is 37.6 Å². The van der Waals surface area contributed by atoms with Crippen LogP contribution < -0.4 is 10.1 Å². The van der Waals surface area contributed by atoms with Gasteiger partial charge in [0.2, 0.25) is 0 Å². The molecule has 128 valence electrons. The van der Waals surface area contributed by atoms with Crippen LogP contribution in [0.1, 0.15) is 28.5 Å². The fourth-order valence-electron chi connectivity index (χ4n) is 3.34. The third-order valence-corrected chi connectivity index (χ3v) is 5.87. The lowest BCUT2D eigenvalue weighted by molar-refractivity contribution is 0.0916. The number of nitrogens with zero attached hydrogens (tertiary/aromatic N) is 1. The van der Waals surface area contributed by atoms with Gasteiger partial charge < -0.3 is 14.6 Å². The molecule has 1 amide bonds. The van der Waals surface area contributed by atoms with E-state index in [1.54, 1.807) is 0 Å². The first kappa shape index (κ1) is 16.7. The first-order valence-corrected chi connectivity index (χ1v) is 9.61. The molecule has 4 rings (SSSR count). The number of rotatable bonds is 2. The van der Waals surface area contributed by atoms with Crippen LogP contribution in [0.5, 0.6) is 5.75 Å². The van der Waals surface area contributed by atoms with Crippen molar-refractivity contribution in [1.29, 1.82) is 0 Å². The highest BCUT2D eigenvalue weighted by molar-refractivity contribution is 9.11. The molecule has 1 aliphatic heterocycles. The summed E-state index contributed by atoms with van der Waals surface area (Å²) < 4.78 is 9.43. The normalized spacial score (nSPS) is 16.4. The van der Waals surface area contributed by atoms with E-state index in [1.807, 2.05) is 54.1 Å². The second-order valence-corrected chi connectivity index (χ2v) is 7.79. The van der Waals surface area contributed by atoms with Gasteiger partial charge >= 0.3 is 0 Å². The molecule has 1 atom stereocenters. The number of hydrogen-bond acceptors (Lipinski definition) is 2. The third kappa shape index (κ3) is 2.87. The van der Waals surface area contributed by atoms with E-state index in [4.69, 9.17) is 4.74 Å². The topological polar surface area (TPSA) is 43.3 Å². The Labute approximate surface area is 162 Å². The predicted octanol–water partition coefficient (Wildman–Crippen LogP) is 4.96. The number of carbonyl (C=O) groups is 1. The van der Waals surface area contributed by atoms with Crippen LogP contribution in [-0.2, 0) is 7.05 Å². The average molecular weight is 464 g/mol. The lowest BCUT2D eigenvalue weighted by Gasteiger charge is -2.27. The molecule has 0 aliphatic carbocycles. The number of halogens is 2. The first-order chi connectivity index (χ1) is 12.1. The van der Waals surface area contributed by atoms with Crippen LogP contribution in [0, 0.1) is 0 Å². The van der Waals surface area contributed by atoms with Gasteiger partial charge in [-0.25, -0.2) is 0 Å². The van der Waals surface area contributed by atoms with Crippen molar-refractivity contribution in [3.8, 4) is 5.75 Å². The second-order valence-electron chi connectivity index (χ2n) is 6.08. The van der Waals surface area contributed by atoms with Gasteiger partial charge in [0, 0.05) is 34.4 Å². The number of hydrogen-bond donors (Lipinski definition) is 1. The molecular formula is C19H16Br2N2O2. The molecule has 0 saturated carbocycles. The summed E-state index contributed by atoms with van der Waals surface area (Å²) >= 11 is 7.09. The lowest BCUT2D eigenvalue weighted by Crippen LogP contribution is -2.33. The fraction of sp³-hybridized carbons (Fsp3) is 0.211. The van der Waals surface area contributed by atoms with E-state index in [9.17, 15) is 4.79 Å². The van der Waals surface area contributed by atoms with E-state index >= 15 is 0 Å². The van der Waals surface area contributed by atoms with Gasteiger partial charge in [-0.3, -0.25) is 4.79 Å². The van der Waals surface area contributed by atoms with E-state index in [0.29, 0.717) is 12.3 Å². The fourth-order valence-corrected chi connectivity index (χ4v) is 4.50. The van der Waals surface area contributed by atoms with Crippen molar-refractivity contribution in [2.24, 2.45) is 7.05 Å². The van der Waals surface area contributed by atoms with Crippen molar-refractivity contribution < 1.29 is 9.53 Å². The quantitative estimate of drug-likeness (QED) is 0.583. The molecule has 2 heterocycles. The Balaban J connectivity index is 1.69. The summed E-state index contributed by atoms with van der Waals surface area (Å²) in [5.41, 5.74) is 2.66. The summed E-state index contributed by atoms with van der Waals surface area (Å²) in [6, 6.07) is 13.8. The minimum Gasteiger partial charge on any atom is -0.493 e. The molecule has 0 saturated heterocycles. The molecule has 6 heteroatoms. The van der Waals surface area contributed by atoms with Crippen LogP contribution in [0.25, 0.3) is 10.9 Å². The van der Waals surface area contributed by atoms with Crippen LogP contribution in [-0.4, -0.2) is 17.1 Å². The smallest absolute Gasteiger partial charge is 0.269 e. The van der Waals surface area contributed by atoms with Gasteiger partial charge in [0.25, 0.3) is 5.91 Å². The van der Waals surface area contributed by atoms with E-state index < -0.39 is 0 Å². The van der Waals surface area contributed by atoms with E-state index in [1.165, 1.54) is 0 Å². The molecule has 3 aromatic rings. The van der Waals surface area contributed by atoms with Gasteiger partial charge in [-0.2, -0.15) is 0 Å². The minimum atomic E-state index is -0.0941. The summed E-state index contributed by atoms with van der Waals surface area (Å²) in [4.78, 5) is 13.0. The highest BCUT2D eigenvalue weighted by atomic mass is 79.9. The zero-order chi connectivity index (χ0) is 17.6. The summed E-state index contributed by atoms with van der Waals surface area (Å²) in [5, 5.41) is 4.20. The zero-order valence-corrected chi connectivity index (χ0v) is 16.7. The molecule has 1 aliphatic rings. The van der Waals surface area contributed by atoms with Gasteiger partial charge in [-0.1, -0.05) is 34.1 Å². The standard InChI is InChI=1S/C19H16Br2N2O2/c1-23-15-5-3-2-4-12(15)17(21)18(23)19(24)22-14-8-9-25-16-7-6-11(20)10-13(14)16/h2-7,10,14H,8-9H2,1H3,(H,22,24). The van der Waals surface area contributed by atoms with Crippen molar-refractivity contribution in [3.05, 3.63) is 62.7 Å². The Hall–Kier alpha value is -1.79. The number of benzene rings is 2. The monoisotopic (exact) mass is 462 g/mol. The van der Waals surface area contributed by atoms with Gasteiger partial charge in [-0.15, -0.1) is 0 Å². The van der Waals surface area contributed by atoms with E-state index in [-0.39, 0.29) is 11.9 Å². The number of aryl methyl sites for hydroxylation is 1. The molecule has 1 N–H and O–H groups in total. The summed E-state index contributed by atoms with van der Waals surface area (Å²) in [6.07, 6.45) is 0.747. The Bertz CT molecular complexity index is 942. The van der Waals surface area contributed by atoms with Crippen molar-refractivity contribution in [1.82, 2.24) is 9.88 Å². The molecule has 2 aromatic carbocycles. The number of aromatic nitrogens is 1. The molecule has 0 fully saturated rings. The van der Waals surface area contributed by atoms with Crippen LogP contribution in [0.3, 0.4) is 0 Å². The Kier molecular flexibility index (Phi) is 4.33. The maximum atomic E-state index is 13.0. The minimum absolute atomic E-state index is 0.0707. The molecule has 25 heavy (non-hydrogen) atoms. The maximum absolute atomic E-state index is 13.0. The van der Waals surface area contributed by atoms with Gasteiger partial charge in [0.05, 0.1) is 17.1 Å². The van der Waals surface area contributed by atoms with Crippen LogP contribution in [0.2, 0.25) is 0 Å². The van der Waals surface area contributed by atoms with Crippen molar-refractivity contribution in [2.45, 2.75) is 12.5 Å². The summed E-state index contributed by atoms with van der Waals surface area (Å²) in [5.74, 6) is 0.735. The second kappa shape index (κ2) is 6.50. The van der Waals surface area contributed by atoms with Gasteiger partial charge in [0.1, 0.15) is 11.4 Å². The molecule has 0 spiro atoms. The van der Waals surface area contributed by atoms with Gasteiger partial charge in [-0.05, 0) is 40.2 Å². The summed E-state index contributed by atoms with van der Waals surface area (Å²) in [6.45, 7) is 0.593. The van der Waals surface area contributed by atoms with Crippen molar-refractivity contribution in [3.63, 3.8) is 0 Å². The number of carbonyl (C=O) groups excluding carboxylic acids is 1. The molecule has 0 bridgehead atoms. The van der Waals surface area contributed by atoms with E-state index in [2.05, 4.69) is 37.2 Å². The maximum Gasteiger partial charge on any atom is 0.269 e. The molecule has 0 radical (unpaired) electrons. The first-order valence-electron chi connectivity index (χ1n) is 8.02. The average Bonchev–Trinajstić information content (AvgIpc) is 2.87. The van der Waals surface area contributed by atoms with Crippen LogP contribution in [0.15, 0.2) is 51.4 Å². The number of amides is 1. The van der Waals surface area contributed by atoms with Crippen molar-refractivity contribution >= 4 is 48.7 Å². The van der Waals surface area contributed by atoms with Crippen LogP contribution >= 0.6 is 31.9 Å². The van der Waals surface area contributed by atoms with Crippen molar-refractivity contribution in [2.75, 3.05) is 6.61 Å². The number of ether oxygens (including phenoxy) is 1. The highest BCUT2D eigenvalue weighted by Gasteiger charge is 2.26. The number of fused-ring (bicyclic) bond motifs is 2. The SMILES string of the molecule is Cn1c(C(=O)NC2CCOc3ccc(Br)cc32)c(Br)c2ccccc21.